The number of carbonyl (C=O) groups excluding carboxylic acids is 2. The van der Waals surface area contributed by atoms with Crippen LogP contribution in [-0.2, 0) is 16.0 Å². The molecule has 0 bridgehead atoms. The van der Waals surface area contributed by atoms with Crippen molar-refractivity contribution in [2.75, 3.05) is 18.8 Å². The van der Waals surface area contributed by atoms with Crippen molar-refractivity contribution in [2.24, 2.45) is 4.99 Å². The molecule has 0 atom stereocenters. The SMILES string of the molecule is CCCN(CCC)C(=O)C1=Cc2ccc(Cc3cccc(N)c3)cc2N=C(NC(=O)OC(C)(C)C)C1. The van der Waals surface area contributed by atoms with Crippen LogP contribution in [0.3, 0.4) is 0 Å². The van der Waals surface area contributed by atoms with Crippen LogP contribution in [-0.4, -0.2) is 41.4 Å². The first-order valence-corrected chi connectivity index (χ1v) is 12.6. The first-order chi connectivity index (χ1) is 17.1. The summed E-state index contributed by atoms with van der Waals surface area (Å²) in [6.45, 7) is 10.9. The molecule has 192 valence electrons. The lowest BCUT2D eigenvalue weighted by atomic mass is 10.0. The molecule has 2 aromatic carbocycles. The summed E-state index contributed by atoms with van der Waals surface area (Å²) in [6, 6.07) is 13.8. The standard InChI is InChI=1S/C29H38N4O3/c1-6-13-33(14-7-2)27(34)23-18-22-12-11-21(15-20-9-8-10-24(30)16-20)17-25(22)31-26(19-23)32-28(35)36-29(3,4)5/h8-12,16-18H,6-7,13-15,19,30H2,1-5H3,(H,31,32,35). The highest BCUT2D eigenvalue weighted by Gasteiger charge is 2.24. The van der Waals surface area contributed by atoms with Gasteiger partial charge in [-0.25, -0.2) is 9.79 Å². The van der Waals surface area contributed by atoms with Gasteiger partial charge >= 0.3 is 6.09 Å². The van der Waals surface area contributed by atoms with Crippen molar-refractivity contribution >= 4 is 35.3 Å². The summed E-state index contributed by atoms with van der Waals surface area (Å²) in [7, 11) is 0. The Labute approximate surface area is 214 Å². The average molecular weight is 491 g/mol. The zero-order valence-corrected chi connectivity index (χ0v) is 22.1. The van der Waals surface area contributed by atoms with E-state index in [-0.39, 0.29) is 12.3 Å². The second-order valence-electron chi connectivity index (χ2n) is 10.1. The molecule has 1 aliphatic heterocycles. The first kappa shape index (κ1) is 27.0. The van der Waals surface area contributed by atoms with Crippen molar-refractivity contribution in [3.05, 3.63) is 64.7 Å². The smallest absolute Gasteiger partial charge is 0.413 e. The molecule has 2 amide bonds. The van der Waals surface area contributed by atoms with Gasteiger partial charge in [0.05, 0.1) is 5.69 Å². The number of amides is 2. The lowest BCUT2D eigenvalue weighted by Gasteiger charge is -2.23. The predicted molar refractivity (Wildman–Crippen MR) is 146 cm³/mol. The van der Waals surface area contributed by atoms with E-state index in [0.29, 0.717) is 36.6 Å². The van der Waals surface area contributed by atoms with E-state index in [9.17, 15) is 9.59 Å². The molecule has 0 unspecified atom stereocenters. The summed E-state index contributed by atoms with van der Waals surface area (Å²) in [6.07, 6.45) is 3.96. The monoisotopic (exact) mass is 490 g/mol. The lowest BCUT2D eigenvalue weighted by molar-refractivity contribution is -0.127. The Morgan fingerprint density at radius 2 is 1.75 bits per heavy atom. The molecule has 0 fully saturated rings. The summed E-state index contributed by atoms with van der Waals surface area (Å²) in [5, 5.41) is 2.78. The van der Waals surface area contributed by atoms with Crippen molar-refractivity contribution < 1.29 is 14.3 Å². The minimum Gasteiger partial charge on any atom is -0.444 e. The zero-order chi connectivity index (χ0) is 26.3. The third kappa shape index (κ3) is 7.70. The van der Waals surface area contributed by atoms with Gasteiger partial charge in [0.2, 0.25) is 5.91 Å². The molecule has 0 saturated heterocycles. The van der Waals surface area contributed by atoms with Crippen LogP contribution in [0.25, 0.3) is 6.08 Å². The Balaban J connectivity index is 1.98. The normalized spacial score (nSPS) is 13.1. The Morgan fingerprint density at radius 1 is 1.06 bits per heavy atom. The number of nitrogens with two attached hydrogens (primary N) is 1. The number of nitrogens with one attached hydrogen (secondary N) is 1. The molecular formula is C29H38N4O3. The third-order valence-electron chi connectivity index (χ3n) is 5.59. The van der Waals surface area contributed by atoms with Crippen LogP contribution in [0.5, 0.6) is 0 Å². The molecule has 7 nitrogen and oxygen atoms in total. The number of rotatable bonds is 7. The van der Waals surface area contributed by atoms with E-state index in [1.807, 2.05) is 74.2 Å². The number of nitrogens with zero attached hydrogens (tertiary/aromatic N) is 2. The van der Waals surface area contributed by atoms with Crippen LogP contribution in [0, 0.1) is 0 Å². The summed E-state index contributed by atoms with van der Waals surface area (Å²) in [4.78, 5) is 32.7. The van der Waals surface area contributed by atoms with E-state index in [1.54, 1.807) is 0 Å². The molecule has 0 saturated carbocycles. The first-order valence-electron chi connectivity index (χ1n) is 12.6. The molecule has 36 heavy (non-hydrogen) atoms. The molecule has 0 aromatic heterocycles. The molecule has 2 aromatic rings. The van der Waals surface area contributed by atoms with E-state index in [0.717, 1.165) is 35.2 Å². The van der Waals surface area contributed by atoms with E-state index >= 15 is 0 Å². The topological polar surface area (TPSA) is 97.0 Å². The molecule has 1 heterocycles. The van der Waals surface area contributed by atoms with Gasteiger partial charge in [-0.15, -0.1) is 0 Å². The van der Waals surface area contributed by atoms with Gasteiger partial charge in [0.25, 0.3) is 0 Å². The zero-order valence-electron chi connectivity index (χ0n) is 22.1. The van der Waals surface area contributed by atoms with Crippen molar-refractivity contribution in [2.45, 2.75) is 65.9 Å². The quantitative estimate of drug-likeness (QED) is 0.476. The van der Waals surface area contributed by atoms with E-state index in [2.05, 4.69) is 19.2 Å². The number of benzene rings is 2. The fourth-order valence-electron chi connectivity index (χ4n) is 4.15. The molecule has 3 N–H and O–H groups in total. The number of hydrogen-bond donors (Lipinski definition) is 2. The second-order valence-corrected chi connectivity index (χ2v) is 10.1. The summed E-state index contributed by atoms with van der Waals surface area (Å²) in [5.41, 5.74) is 10.3. The highest BCUT2D eigenvalue weighted by molar-refractivity contribution is 6.08. The molecule has 0 aliphatic carbocycles. The minimum atomic E-state index is -0.647. The highest BCUT2D eigenvalue weighted by Crippen LogP contribution is 2.30. The van der Waals surface area contributed by atoms with Gasteiger partial charge in [-0.3, -0.25) is 10.1 Å². The Kier molecular flexibility index (Phi) is 8.91. The molecule has 1 aliphatic rings. The van der Waals surface area contributed by atoms with Crippen molar-refractivity contribution in [1.82, 2.24) is 10.2 Å². The Hall–Kier alpha value is -3.61. The van der Waals surface area contributed by atoms with Crippen molar-refractivity contribution in [3.63, 3.8) is 0 Å². The fraction of sp³-hybridized carbons (Fsp3) is 0.414. The van der Waals surface area contributed by atoms with Crippen LogP contribution in [0.1, 0.15) is 70.6 Å². The molecule has 0 spiro atoms. The number of nitrogen functional groups attached to an aromatic ring is 1. The molecule has 7 heteroatoms. The van der Waals surface area contributed by atoms with Gasteiger partial charge in [-0.1, -0.05) is 38.1 Å². The molecule has 3 rings (SSSR count). The van der Waals surface area contributed by atoms with Gasteiger partial charge in [0.1, 0.15) is 11.4 Å². The number of anilines is 1. The largest absolute Gasteiger partial charge is 0.444 e. The molecule has 0 radical (unpaired) electrons. The number of alkyl carbamates (subject to hydrolysis) is 1. The summed E-state index contributed by atoms with van der Waals surface area (Å²) >= 11 is 0. The lowest BCUT2D eigenvalue weighted by Crippen LogP contribution is -2.38. The van der Waals surface area contributed by atoms with Gasteiger partial charge < -0.3 is 15.4 Å². The van der Waals surface area contributed by atoms with Crippen molar-refractivity contribution in [3.8, 4) is 0 Å². The van der Waals surface area contributed by atoms with Gasteiger partial charge in [0, 0.05) is 36.3 Å². The maximum atomic E-state index is 13.5. The Bertz CT molecular complexity index is 1160. The summed E-state index contributed by atoms with van der Waals surface area (Å²) in [5.74, 6) is 0.353. The molecular weight excluding hydrogens is 452 g/mol. The number of carbonyl (C=O) groups is 2. The van der Waals surface area contributed by atoms with Crippen LogP contribution < -0.4 is 11.1 Å². The average Bonchev–Trinajstić information content (AvgIpc) is 2.95. The van der Waals surface area contributed by atoms with Gasteiger partial charge in [-0.05, 0) is 75.4 Å². The van der Waals surface area contributed by atoms with Gasteiger partial charge in [-0.2, -0.15) is 0 Å². The number of amidine groups is 1. The fourth-order valence-corrected chi connectivity index (χ4v) is 4.15. The highest BCUT2D eigenvalue weighted by atomic mass is 16.6. The van der Waals surface area contributed by atoms with Gasteiger partial charge in [0.15, 0.2) is 0 Å². The maximum Gasteiger partial charge on any atom is 0.413 e. The van der Waals surface area contributed by atoms with Crippen LogP contribution in [0.2, 0.25) is 0 Å². The van der Waals surface area contributed by atoms with Crippen LogP contribution in [0.15, 0.2) is 53.0 Å². The number of ether oxygens (including phenoxy) is 1. The number of aliphatic imine (C=N–C) groups is 1. The number of fused-ring (bicyclic) bond motifs is 1. The predicted octanol–water partition coefficient (Wildman–Crippen LogP) is 5.85. The van der Waals surface area contributed by atoms with Crippen LogP contribution >= 0.6 is 0 Å². The third-order valence-corrected chi connectivity index (χ3v) is 5.59. The summed E-state index contributed by atoms with van der Waals surface area (Å²) < 4.78 is 5.45. The van der Waals surface area contributed by atoms with Crippen molar-refractivity contribution in [1.29, 1.82) is 0 Å². The second kappa shape index (κ2) is 11.9. The Morgan fingerprint density at radius 3 is 2.39 bits per heavy atom. The van der Waals surface area contributed by atoms with Crippen LogP contribution in [0.4, 0.5) is 16.2 Å². The van der Waals surface area contributed by atoms with E-state index in [4.69, 9.17) is 15.5 Å². The minimum absolute atomic E-state index is 0.0333. The number of hydrogen-bond acceptors (Lipinski definition) is 5. The maximum absolute atomic E-state index is 13.5. The van der Waals surface area contributed by atoms with E-state index < -0.39 is 11.7 Å². The van der Waals surface area contributed by atoms with E-state index in [1.165, 1.54) is 0 Å².